The lowest BCUT2D eigenvalue weighted by atomic mass is 10.1. The Morgan fingerprint density at radius 3 is 2.26 bits per heavy atom. The zero-order chi connectivity index (χ0) is 27.9. The maximum Gasteiger partial charge on any atom is 0.416 e. The number of rotatable bonds is 11. The van der Waals surface area contributed by atoms with Crippen molar-refractivity contribution in [1.82, 2.24) is 5.32 Å². The molecule has 7 nitrogen and oxygen atoms in total. The summed E-state index contributed by atoms with van der Waals surface area (Å²) in [6.07, 6.45) is -3.44. The third-order valence-corrected chi connectivity index (χ3v) is 7.58. The highest BCUT2D eigenvalue weighted by molar-refractivity contribution is 7.92. The molecular weight excluding hydrogens is 521 g/mol. The second-order valence-corrected chi connectivity index (χ2v) is 10.4. The van der Waals surface area contributed by atoms with Crippen molar-refractivity contribution in [3.8, 4) is 11.5 Å². The number of anilines is 1. The van der Waals surface area contributed by atoms with E-state index >= 15 is 0 Å². The topological polar surface area (TPSA) is 84.9 Å². The first-order valence-corrected chi connectivity index (χ1v) is 13.1. The molecule has 3 aromatic rings. The number of carbonyl (C=O) groups excluding carboxylic acids is 1. The van der Waals surface area contributed by atoms with Gasteiger partial charge in [-0.3, -0.25) is 9.10 Å². The van der Waals surface area contributed by atoms with Crippen LogP contribution in [-0.4, -0.2) is 41.1 Å². The Labute approximate surface area is 220 Å². The summed E-state index contributed by atoms with van der Waals surface area (Å²) >= 11 is 0. The van der Waals surface area contributed by atoms with Crippen LogP contribution in [0.5, 0.6) is 11.5 Å². The fraction of sp³-hybridized carbons (Fsp3) is 0.296. The van der Waals surface area contributed by atoms with Crippen LogP contribution >= 0.6 is 0 Å². The normalized spacial score (nSPS) is 12.5. The molecule has 0 aliphatic carbocycles. The van der Waals surface area contributed by atoms with Gasteiger partial charge in [0, 0.05) is 12.1 Å². The maximum atomic E-state index is 13.7. The predicted octanol–water partition coefficient (Wildman–Crippen LogP) is 5.06. The number of methoxy groups -OCH3 is 2. The molecule has 0 spiro atoms. The molecule has 1 N–H and O–H groups in total. The Bertz CT molecular complexity index is 1350. The first-order valence-electron chi connectivity index (χ1n) is 11.7. The molecule has 204 valence electrons. The van der Waals surface area contributed by atoms with Crippen molar-refractivity contribution < 1.29 is 35.9 Å². The van der Waals surface area contributed by atoms with Crippen LogP contribution in [0.4, 0.5) is 18.9 Å². The van der Waals surface area contributed by atoms with Gasteiger partial charge in [0.05, 0.1) is 30.4 Å². The molecule has 0 aliphatic rings. The van der Waals surface area contributed by atoms with Gasteiger partial charge in [0.2, 0.25) is 5.91 Å². The van der Waals surface area contributed by atoms with Gasteiger partial charge in [-0.05, 0) is 55.7 Å². The molecular formula is C27H29F3N2O5S. The van der Waals surface area contributed by atoms with Crippen molar-refractivity contribution >= 4 is 21.6 Å². The summed E-state index contributed by atoms with van der Waals surface area (Å²) in [5.41, 5.74) is -0.268. The SMILES string of the molecule is COc1ccc(S(=O)(=O)N(CC(=O)NC(C)CCc2ccccc2)c2cccc(C(F)(F)F)c2)cc1OC. The number of amides is 1. The van der Waals surface area contributed by atoms with Gasteiger partial charge in [-0.2, -0.15) is 13.2 Å². The third-order valence-electron chi connectivity index (χ3n) is 5.81. The molecule has 3 rings (SSSR count). The van der Waals surface area contributed by atoms with E-state index in [2.05, 4.69) is 5.32 Å². The Kier molecular flexibility index (Phi) is 9.26. The Balaban J connectivity index is 1.91. The highest BCUT2D eigenvalue weighted by Crippen LogP contribution is 2.35. The van der Waals surface area contributed by atoms with Crippen LogP contribution in [0.1, 0.15) is 24.5 Å². The highest BCUT2D eigenvalue weighted by atomic mass is 32.2. The second-order valence-electron chi connectivity index (χ2n) is 8.57. The molecule has 0 radical (unpaired) electrons. The zero-order valence-electron chi connectivity index (χ0n) is 21.2. The number of ether oxygens (including phenoxy) is 2. The number of alkyl halides is 3. The monoisotopic (exact) mass is 550 g/mol. The van der Waals surface area contributed by atoms with Crippen LogP contribution in [0.25, 0.3) is 0 Å². The molecule has 0 saturated carbocycles. The number of aryl methyl sites for hydroxylation is 1. The van der Waals surface area contributed by atoms with E-state index in [9.17, 15) is 26.4 Å². The van der Waals surface area contributed by atoms with Crippen molar-refractivity contribution in [3.05, 3.63) is 83.9 Å². The summed E-state index contributed by atoms with van der Waals surface area (Å²) in [4.78, 5) is 12.7. The summed E-state index contributed by atoms with van der Waals surface area (Å²) in [7, 11) is -1.79. The fourth-order valence-corrected chi connectivity index (χ4v) is 5.24. The molecule has 0 aliphatic heterocycles. The highest BCUT2D eigenvalue weighted by Gasteiger charge is 2.33. The van der Waals surface area contributed by atoms with Gasteiger partial charge in [0.25, 0.3) is 10.0 Å². The number of benzene rings is 3. The Morgan fingerprint density at radius 2 is 1.63 bits per heavy atom. The van der Waals surface area contributed by atoms with E-state index in [-0.39, 0.29) is 28.1 Å². The van der Waals surface area contributed by atoms with E-state index in [0.717, 1.165) is 17.7 Å². The number of carbonyl (C=O) groups is 1. The average molecular weight is 551 g/mol. The number of hydrogen-bond acceptors (Lipinski definition) is 5. The van der Waals surface area contributed by atoms with Crippen LogP contribution in [0, 0.1) is 0 Å². The van der Waals surface area contributed by atoms with Crippen molar-refractivity contribution in [2.24, 2.45) is 0 Å². The quantitative estimate of drug-likeness (QED) is 0.361. The third kappa shape index (κ3) is 7.18. The van der Waals surface area contributed by atoms with E-state index in [1.165, 1.54) is 38.5 Å². The van der Waals surface area contributed by atoms with Gasteiger partial charge in [0.1, 0.15) is 6.54 Å². The molecule has 0 fully saturated rings. The van der Waals surface area contributed by atoms with E-state index in [1.54, 1.807) is 6.92 Å². The molecule has 0 bridgehead atoms. The Morgan fingerprint density at radius 1 is 0.947 bits per heavy atom. The lowest BCUT2D eigenvalue weighted by molar-refractivity contribution is -0.137. The van der Waals surface area contributed by atoms with E-state index < -0.39 is 34.2 Å². The number of halogens is 3. The predicted molar refractivity (Wildman–Crippen MR) is 138 cm³/mol. The molecule has 1 unspecified atom stereocenters. The minimum absolute atomic E-state index is 0.108. The standard InChI is InChI=1S/C27H29F3N2O5S/c1-19(12-13-20-8-5-4-6-9-20)31-26(33)18-32(22-11-7-10-21(16-22)27(28,29)30)38(34,35)23-14-15-24(36-2)25(17-23)37-3/h4-11,14-17,19H,12-13,18H2,1-3H3,(H,31,33). The van der Waals surface area contributed by atoms with Crippen LogP contribution in [0.15, 0.2) is 77.7 Å². The van der Waals surface area contributed by atoms with Crippen molar-refractivity contribution in [2.75, 3.05) is 25.1 Å². The number of hydrogen-bond donors (Lipinski definition) is 1. The van der Waals surface area contributed by atoms with Crippen molar-refractivity contribution in [2.45, 2.75) is 36.9 Å². The molecule has 0 heterocycles. The van der Waals surface area contributed by atoms with Crippen LogP contribution in [-0.2, 0) is 27.4 Å². The number of sulfonamides is 1. The molecule has 11 heteroatoms. The maximum absolute atomic E-state index is 13.7. The Hall–Kier alpha value is -3.73. The van der Waals surface area contributed by atoms with E-state index in [1.807, 2.05) is 30.3 Å². The van der Waals surface area contributed by atoms with Crippen molar-refractivity contribution in [3.63, 3.8) is 0 Å². The average Bonchev–Trinajstić information content (AvgIpc) is 2.90. The van der Waals surface area contributed by atoms with Crippen LogP contribution < -0.4 is 19.1 Å². The first-order chi connectivity index (χ1) is 18.0. The molecule has 0 aromatic heterocycles. The summed E-state index contributed by atoms with van der Waals surface area (Å²) in [6, 6.07) is 16.9. The number of nitrogens with one attached hydrogen (secondary N) is 1. The smallest absolute Gasteiger partial charge is 0.416 e. The zero-order valence-corrected chi connectivity index (χ0v) is 22.0. The molecule has 0 saturated heterocycles. The van der Waals surface area contributed by atoms with E-state index in [4.69, 9.17) is 9.47 Å². The number of nitrogens with zero attached hydrogens (tertiary/aromatic N) is 1. The fourth-order valence-electron chi connectivity index (χ4n) is 3.81. The van der Waals surface area contributed by atoms with Gasteiger partial charge < -0.3 is 14.8 Å². The molecule has 1 amide bonds. The van der Waals surface area contributed by atoms with Gasteiger partial charge in [-0.25, -0.2) is 8.42 Å². The van der Waals surface area contributed by atoms with Gasteiger partial charge in [-0.1, -0.05) is 36.4 Å². The summed E-state index contributed by atoms with van der Waals surface area (Å²) in [6.45, 7) is 1.05. The minimum Gasteiger partial charge on any atom is -0.493 e. The molecule has 1 atom stereocenters. The van der Waals surface area contributed by atoms with Gasteiger partial charge in [0.15, 0.2) is 11.5 Å². The van der Waals surface area contributed by atoms with Crippen LogP contribution in [0.2, 0.25) is 0 Å². The van der Waals surface area contributed by atoms with Gasteiger partial charge >= 0.3 is 6.18 Å². The van der Waals surface area contributed by atoms with E-state index in [0.29, 0.717) is 23.2 Å². The minimum atomic E-state index is -4.71. The second kappa shape index (κ2) is 12.2. The lowest BCUT2D eigenvalue weighted by Crippen LogP contribution is -2.43. The molecule has 3 aromatic carbocycles. The van der Waals surface area contributed by atoms with Crippen LogP contribution in [0.3, 0.4) is 0 Å². The summed E-state index contributed by atoms with van der Waals surface area (Å²) < 4.78 is 78.5. The first kappa shape index (κ1) is 28.8. The molecule has 38 heavy (non-hydrogen) atoms. The van der Waals surface area contributed by atoms with Crippen molar-refractivity contribution in [1.29, 1.82) is 0 Å². The summed E-state index contributed by atoms with van der Waals surface area (Å²) in [5.74, 6) is -0.286. The summed E-state index contributed by atoms with van der Waals surface area (Å²) in [5, 5.41) is 2.75. The largest absolute Gasteiger partial charge is 0.493 e. The lowest BCUT2D eigenvalue weighted by Gasteiger charge is -2.26. The van der Waals surface area contributed by atoms with Gasteiger partial charge in [-0.15, -0.1) is 0 Å².